The molecular formula is C14H15Cl2N3O. The van der Waals surface area contributed by atoms with Crippen LogP contribution in [0.5, 0.6) is 0 Å². The number of hydrogen-bond donors (Lipinski definition) is 2. The minimum absolute atomic E-state index is 0.0819. The first-order valence-electron chi connectivity index (χ1n) is 6.55. The maximum atomic E-state index is 8.89. The first-order valence-corrected chi connectivity index (χ1v) is 7.30. The van der Waals surface area contributed by atoms with Crippen molar-refractivity contribution in [3.05, 3.63) is 45.7 Å². The molecule has 1 aliphatic carbocycles. The largest absolute Gasteiger partial charge is 0.394 e. The number of aromatic nitrogens is 2. The lowest BCUT2D eigenvalue weighted by atomic mass is 10.1. The van der Waals surface area contributed by atoms with E-state index in [0.717, 1.165) is 29.1 Å². The van der Waals surface area contributed by atoms with Crippen molar-refractivity contribution in [2.45, 2.75) is 25.4 Å². The molecule has 4 nitrogen and oxygen atoms in total. The molecule has 0 saturated carbocycles. The van der Waals surface area contributed by atoms with Crippen molar-refractivity contribution < 1.29 is 5.11 Å². The van der Waals surface area contributed by atoms with Gasteiger partial charge in [0.1, 0.15) is 0 Å². The fourth-order valence-corrected chi connectivity index (χ4v) is 3.26. The fraction of sp³-hybridized carbons (Fsp3) is 0.357. The number of rotatable bonds is 4. The molecule has 0 aliphatic heterocycles. The highest BCUT2D eigenvalue weighted by Gasteiger charge is 2.25. The Labute approximate surface area is 127 Å². The maximum absolute atomic E-state index is 8.89. The lowest BCUT2D eigenvalue weighted by Crippen LogP contribution is -2.07. The van der Waals surface area contributed by atoms with Gasteiger partial charge in [-0.1, -0.05) is 23.2 Å². The van der Waals surface area contributed by atoms with Gasteiger partial charge in [0.2, 0.25) is 0 Å². The predicted molar refractivity (Wildman–Crippen MR) is 80.5 cm³/mol. The molecule has 1 unspecified atom stereocenters. The first kappa shape index (κ1) is 13.7. The van der Waals surface area contributed by atoms with Crippen LogP contribution in [-0.4, -0.2) is 21.5 Å². The molecule has 2 N–H and O–H groups in total. The Morgan fingerprint density at radius 3 is 3.05 bits per heavy atom. The molecule has 0 amide bonds. The van der Waals surface area contributed by atoms with Gasteiger partial charge in [0.25, 0.3) is 0 Å². The van der Waals surface area contributed by atoms with Crippen molar-refractivity contribution in [2.24, 2.45) is 0 Å². The van der Waals surface area contributed by atoms with E-state index in [4.69, 9.17) is 28.3 Å². The highest BCUT2D eigenvalue weighted by atomic mass is 35.5. The Morgan fingerprint density at radius 2 is 2.25 bits per heavy atom. The molecular weight excluding hydrogens is 297 g/mol. The molecule has 2 aromatic rings. The zero-order chi connectivity index (χ0) is 14.1. The summed E-state index contributed by atoms with van der Waals surface area (Å²) in [5.41, 5.74) is 3.28. The highest BCUT2D eigenvalue weighted by molar-refractivity contribution is 6.35. The van der Waals surface area contributed by atoms with Crippen molar-refractivity contribution in [1.82, 2.24) is 9.78 Å². The number of fused-ring (bicyclic) bond motifs is 1. The fourth-order valence-electron chi connectivity index (χ4n) is 2.66. The van der Waals surface area contributed by atoms with Crippen LogP contribution in [0.3, 0.4) is 0 Å². The van der Waals surface area contributed by atoms with Crippen LogP contribution >= 0.6 is 23.2 Å². The maximum Gasteiger partial charge on any atom is 0.0731 e. The number of aliphatic hydroxyl groups is 1. The zero-order valence-corrected chi connectivity index (χ0v) is 12.3. The van der Waals surface area contributed by atoms with Gasteiger partial charge in [-0.2, -0.15) is 5.10 Å². The smallest absolute Gasteiger partial charge is 0.0731 e. The molecule has 106 valence electrons. The molecule has 0 bridgehead atoms. The number of benzene rings is 1. The zero-order valence-electron chi connectivity index (χ0n) is 10.8. The summed E-state index contributed by atoms with van der Waals surface area (Å²) in [7, 11) is 0. The summed E-state index contributed by atoms with van der Waals surface area (Å²) in [6, 6.07) is 3.97. The summed E-state index contributed by atoms with van der Waals surface area (Å²) in [4.78, 5) is 0. The summed E-state index contributed by atoms with van der Waals surface area (Å²) >= 11 is 12.3. The standard InChI is InChI=1S/C14H15Cl2N3O/c15-9-5-12-11(13(16)6-9)1-2-14(12)18-10-7-17-19(8-10)3-4-20/h5-8,14,18,20H,1-4H2. The van der Waals surface area contributed by atoms with Gasteiger partial charge >= 0.3 is 0 Å². The lowest BCUT2D eigenvalue weighted by Gasteiger charge is -2.14. The van der Waals surface area contributed by atoms with Crippen LogP contribution in [0.25, 0.3) is 0 Å². The second-order valence-corrected chi connectivity index (χ2v) is 5.75. The summed E-state index contributed by atoms with van der Waals surface area (Å²) in [5.74, 6) is 0. The summed E-state index contributed by atoms with van der Waals surface area (Å²) in [6.07, 6.45) is 5.59. The molecule has 0 fully saturated rings. The number of anilines is 1. The van der Waals surface area contributed by atoms with E-state index in [1.54, 1.807) is 16.9 Å². The van der Waals surface area contributed by atoms with Gasteiger partial charge in [-0.05, 0) is 36.1 Å². The van der Waals surface area contributed by atoms with Gasteiger partial charge in [-0.15, -0.1) is 0 Å². The van der Waals surface area contributed by atoms with E-state index in [0.29, 0.717) is 11.6 Å². The molecule has 0 saturated heterocycles. The number of hydrogen-bond acceptors (Lipinski definition) is 3. The Kier molecular flexibility index (Phi) is 3.87. The first-order chi connectivity index (χ1) is 9.67. The van der Waals surface area contributed by atoms with Gasteiger partial charge in [0.05, 0.1) is 31.1 Å². The van der Waals surface area contributed by atoms with Gasteiger partial charge in [-0.25, -0.2) is 0 Å². The second-order valence-electron chi connectivity index (χ2n) is 4.91. The van der Waals surface area contributed by atoms with E-state index >= 15 is 0 Å². The summed E-state index contributed by atoms with van der Waals surface area (Å²) in [5, 5.41) is 17.9. The topological polar surface area (TPSA) is 50.1 Å². The van der Waals surface area contributed by atoms with E-state index in [1.807, 2.05) is 12.3 Å². The summed E-state index contributed by atoms with van der Waals surface area (Å²) in [6.45, 7) is 0.583. The molecule has 1 heterocycles. The van der Waals surface area contributed by atoms with Crippen LogP contribution in [0.15, 0.2) is 24.5 Å². The minimum Gasteiger partial charge on any atom is -0.394 e. The average Bonchev–Trinajstić information content (AvgIpc) is 2.99. The molecule has 1 aromatic carbocycles. The van der Waals surface area contributed by atoms with Crippen molar-refractivity contribution in [3.63, 3.8) is 0 Å². The molecule has 0 spiro atoms. The van der Waals surface area contributed by atoms with Crippen LogP contribution in [0.2, 0.25) is 10.0 Å². The molecule has 1 aliphatic rings. The van der Waals surface area contributed by atoms with Crippen molar-refractivity contribution in [3.8, 4) is 0 Å². The highest BCUT2D eigenvalue weighted by Crippen LogP contribution is 2.39. The van der Waals surface area contributed by atoms with E-state index in [9.17, 15) is 0 Å². The van der Waals surface area contributed by atoms with Crippen LogP contribution in [-0.2, 0) is 13.0 Å². The SMILES string of the molecule is OCCn1cc(NC2CCc3c(Cl)cc(Cl)cc32)cn1. The van der Waals surface area contributed by atoms with Crippen molar-refractivity contribution in [2.75, 3.05) is 11.9 Å². The number of halogens is 2. The Bertz CT molecular complexity index is 627. The van der Waals surface area contributed by atoms with E-state index < -0.39 is 0 Å². The Hall–Kier alpha value is -1.23. The normalized spacial score (nSPS) is 17.2. The van der Waals surface area contributed by atoms with Crippen LogP contribution in [0.4, 0.5) is 5.69 Å². The molecule has 0 radical (unpaired) electrons. The minimum atomic E-state index is 0.0819. The number of nitrogens with one attached hydrogen (secondary N) is 1. The third-order valence-corrected chi connectivity index (χ3v) is 4.11. The van der Waals surface area contributed by atoms with E-state index in [1.165, 1.54) is 5.56 Å². The van der Waals surface area contributed by atoms with Crippen molar-refractivity contribution >= 4 is 28.9 Å². The van der Waals surface area contributed by atoms with Crippen LogP contribution < -0.4 is 5.32 Å². The average molecular weight is 312 g/mol. The molecule has 1 atom stereocenters. The predicted octanol–water partition coefficient (Wildman–Crippen LogP) is 3.28. The third-order valence-electron chi connectivity index (χ3n) is 3.56. The Morgan fingerprint density at radius 1 is 1.40 bits per heavy atom. The van der Waals surface area contributed by atoms with Crippen molar-refractivity contribution in [1.29, 1.82) is 0 Å². The van der Waals surface area contributed by atoms with Gasteiger partial charge in [-0.3, -0.25) is 4.68 Å². The van der Waals surface area contributed by atoms with Crippen LogP contribution in [0, 0.1) is 0 Å². The summed E-state index contributed by atoms with van der Waals surface area (Å²) < 4.78 is 1.71. The Balaban J connectivity index is 1.80. The lowest BCUT2D eigenvalue weighted by molar-refractivity contribution is 0.269. The van der Waals surface area contributed by atoms with E-state index in [2.05, 4.69) is 10.4 Å². The monoisotopic (exact) mass is 311 g/mol. The molecule has 3 rings (SSSR count). The van der Waals surface area contributed by atoms with Gasteiger partial charge in [0.15, 0.2) is 0 Å². The molecule has 1 aromatic heterocycles. The molecule has 20 heavy (non-hydrogen) atoms. The molecule has 6 heteroatoms. The second kappa shape index (κ2) is 5.64. The number of nitrogens with zero attached hydrogens (tertiary/aromatic N) is 2. The quantitative estimate of drug-likeness (QED) is 0.911. The van der Waals surface area contributed by atoms with E-state index in [-0.39, 0.29) is 12.6 Å². The van der Waals surface area contributed by atoms with Gasteiger partial charge < -0.3 is 10.4 Å². The van der Waals surface area contributed by atoms with Gasteiger partial charge in [0, 0.05) is 16.2 Å². The number of aliphatic hydroxyl groups excluding tert-OH is 1. The van der Waals surface area contributed by atoms with Crippen LogP contribution in [0.1, 0.15) is 23.6 Å². The third kappa shape index (κ3) is 2.64.